The predicted molar refractivity (Wildman–Crippen MR) is 77.2 cm³/mol. The normalized spacial score (nSPS) is 12.1. The Labute approximate surface area is 115 Å². The molecule has 0 fully saturated rings. The highest BCUT2D eigenvalue weighted by Crippen LogP contribution is 2.30. The van der Waals surface area contributed by atoms with E-state index in [9.17, 15) is 4.79 Å². The van der Waals surface area contributed by atoms with E-state index < -0.39 is 5.97 Å². The van der Waals surface area contributed by atoms with Gasteiger partial charge in [0.15, 0.2) is 0 Å². The maximum Gasteiger partial charge on any atom is 0.306 e. The fraction of sp³-hybridized carbons (Fsp3) is 0.533. The second-order valence-electron chi connectivity index (χ2n) is 5.06. The van der Waals surface area contributed by atoms with Crippen LogP contribution in [0, 0.1) is 19.8 Å². The summed E-state index contributed by atoms with van der Waals surface area (Å²) in [4.78, 5) is 12.9. The Bertz CT molecular complexity index is 457. The zero-order valence-corrected chi connectivity index (χ0v) is 12.4. The fourth-order valence-electron chi connectivity index (χ4n) is 1.87. The number of ether oxygens (including phenoxy) is 1. The molecule has 1 atom stereocenters. The van der Waals surface area contributed by atoms with Crippen LogP contribution in [0.2, 0.25) is 0 Å². The predicted octanol–water partition coefficient (Wildman–Crippen LogP) is 2.86. The van der Waals surface area contributed by atoms with Crippen LogP contribution in [-0.2, 0) is 4.79 Å². The number of nitrogens with zero attached hydrogens (tertiary/aromatic N) is 1. The maximum atomic E-state index is 10.8. The van der Waals surface area contributed by atoms with E-state index in [-0.39, 0.29) is 5.92 Å². The molecule has 4 heteroatoms. The Hall–Kier alpha value is -1.71. The summed E-state index contributed by atoms with van der Waals surface area (Å²) in [6, 6.07) is 4.10. The Morgan fingerprint density at radius 1 is 1.37 bits per heavy atom. The lowest BCUT2D eigenvalue weighted by Crippen LogP contribution is -2.23. The number of hydrogen-bond acceptors (Lipinski definition) is 3. The summed E-state index contributed by atoms with van der Waals surface area (Å²) in [6.45, 7) is 6.53. The van der Waals surface area contributed by atoms with Gasteiger partial charge in [0.1, 0.15) is 5.75 Å². The molecule has 4 nitrogen and oxygen atoms in total. The summed E-state index contributed by atoms with van der Waals surface area (Å²) in [5.74, 6) is -0.256. The van der Waals surface area contributed by atoms with Gasteiger partial charge < -0.3 is 14.7 Å². The van der Waals surface area contributed by atoms with Gasteiger partial charge in [0.25, 0.3) is 0 Å². The standard InChI is InChI=1S/C15H23NO3/c1-10(15(17)18)6-7-16(4)13-8-11(2)12(3)9-14(13)19-5/h8-10H,6-7H2,1-5H3,(H,17,18). The first-order valence-electron chi connectivity index (χ1n) is 6.46. The van der Waals surface area contributed by atoms with Crippen LogP contribution in [0.15, 0.2) is 12.1 Å². The summed E-state index contributed by atoms with van der Waals surface area (Å²) >= 11 is 0. The topological polar surface area (TPSA) is 49.8 Å². The Morgan fingerprint density at radius 3 is 2.47 bits per heavy atom. The van der Waals surface area contributed by atoms with Crippen molar-refractivity contribution in [2.45, 2.75) is 27.2 Å². The van der Waals surface area contributed by atoms with Crippen molar-refractivity contribution < 1.29 is 14.6 Å². The van der Waals surface area contributed by atoms with E-state index in [4.69, 9.17) is 9.84 Å². The third-order valence-corrected chi connectivity index (χ3v) is 3.53. The maximum absolute atomic E-state index is 10.8. The van der Waals surface area contributed by atoms with Gasteiger partial charge in [-0.1, -0.05) is 6.92 Å². The Kier molecular flexibility index (Phi) is 5.21. The average Bonchev–Trinajstić information content (AvgIpc) is 2.37. The van der Waals surface area contributed by atoms with Crippen LogP contribution >= 0.6 is 0 Å². The summed E-state index contributed by atoms with van der Waals surface area (Å²) < 4.78 is 5.40. The quantitative estimate of drug-likeness (QED) is 0.859. The third kappa shape index (κ3) is 3.88. The number of methoxy groups -OCH3 is 1. The monoisotopic (exact) mass is 265 g/mol. The smallest absolute Gasteiger partial charge is 0.306 e. The van der Waals surface area contributed by atoms with E-state index in [1.54, 1.807) is 14.0 Å². The lowest BCUT2D eigenvalue weighted by atomic mass is 10.1. The highest BCUT2D eigenvalue weighted by atomic mass is 16.5. The van der Waals surface area contributed by atoms with E-state index in [1.165, 1.54) is 11.1 Å². The van der Waals surface area contributed by atoms with Gasteiger partial charge in [0.05, 0.1) is 18.7 Å². The number of anilines is 1. The molecule has 0 bridgehead atoms. The lowest BCUT2D eigenvalue weighted by molar-refractivity contribution is -0.141. The van der Waals surface area contributed by atoms with Crippen molar-refractivity contribution >= 4 is 11.7 Å². The molecule has 0 heterocycles. The molecule has 0 amide bonds. The number of aliphatic carboxylic acids is 1. The summed E-state index contributed by atoms with van der Waals surface area (Å²) in [7, 11) is 3.61. The molecule has 1 aromatic rings. The first-order valence-corrected chi connectivity index (χ1v) is 6.46. The molecule has 0 aliphatic carbocycles. The van der Waals surface area contributed by atoms with Crippen LogP contribution in [0.4, 0.5) is 5.69 Å². The molecule has 0 saturated heterocycles. The third-order valence-electron chi connectivity index (χ3n) is 3.53. The van der Waals surface area contributed by atoms with Gasteiger partial charge in [-0.2, -0.15) is 0 Å². The zero-order chi connectivity index (χ0) is 14.6. The van der Waals surface area contributed by atoms with E-state index in [0.29, 0.717) is 13.0 Å². The van der Waals surface area contributed by atoms with Crippen molar-refractivity contribution in [3.8, 4) is 5.75 Å². The van der Waals surface area contributed by atoms with Gasteiger partial charge in [0, 0.05) is 13.6 Å². The highest BCUT2D eigenvalue weighted by Gasteiger charge is 2.14. The zero-order valence-electron chi connectivity index (χ0n) is 12.4. The van der Waals surface area contributed by atoms with Crippen LogP contribution < -0.4 is 9.64 Å². The molecule has 0 aliphatic rings. The van der Waals surface area contributed by atoms with Crippen molar-refractivity contribution in [1.29, 1.82) is 0 Å². The number of carboxylic acid groups (broad SMARTS) is 1. The van der Waals surface area contributed by atoms with Crippen molar-refractivity contribution in [3.05, 3.63) is 23.3 Å². The molecule has 1 rings (SSSR count). The number of hydrogen-bond donors (Lipinski definition) is 1. The van der Waals surface area contributed by atoms with Gasteiger partial charge in [-0.3, -0.25) is 4.79 Å². The van der Waals surface area contributed by atoms with Crippen LogP contribution in [0.5, 0.6) is 5.75 Å². The van der Waals surface area contributed by atoms with Crippen molar-refractivity contribution in [3.63, 3.8) is 0 Å². The molecule has 0 radical (unpaired) electrons. The Morgan fingerprint density at radius 2 is 1.95 bits per heavy atom. The minimum atomic E-state index is -0.750. The molecule has 19 heavy (non-hydrogen) atoms. The number of rotatable bonds is 6. The lowest BCUT2D eigenvalue weighted by Gasteiger charge is -2.23. The number of carbonyl (C=O) groups is 1. The number of benzene rings is 1. The van der Waals surface area contributed by atoms with E-state index in [0.717, 1.165) is 11.4 Å². The van der Waals surface area contributed by atoms with Crippen LogP contribution in [-0.4, -0.2) is 31.8 Å². The molecule has 0 spiro atoms. The van der Waals surface area contributed by atoms with Gasteiger partial charge in [0.2, 0.25) is 0 Å². The first kappa shape index (κ1) is 15.3. The van der Waals surface area contributed by atoms with E-state index in [1.807, 2.05) is 24.9 Å². The molecule has 106 valence electrons. The van der Waals surface area contributed by atoms with Gasteiger partial charge in [-0.15, -0.1) is 0 Å². The average molecular weight is 265 g/mol. The fourth-order valence-corrected chi connectivity index (χ4v) is 1.87. The molecule has 0 saturated carbocycles. The molecule has 1 aromatic carbocycles. The van der Waals surface area contributed by atoms with E-state index >= 15 is 0 Å². The first-order chi connectivity index (χ1) is 8.86. The summed E-state index contributed by atoms with van der Waals surface area (Å²) in [5.41, 5.74) is 3.39. The SMILES string of the molecule is COc1cc(C)c(C)cc1N(C)CCC(C)C(=O)O. The summed E-state index contributed by atoms with van der Waals surface area (Å²) in [6.07, 6.45) is 0.613. The largest absolute Gasteiger partial charge is 0.495 e. The van der Waals surface area contributed by atoms with Crippen molar-refractivity contribution in [2.75, 3.05) is 25.6 Å². The van der Waals surface area contributed by atoms with Crippen LogP contribution in [0.3, 0.4) is 0 Å². The van der Waals surface area contributed by atoms with Crippen LogP contribution in [0.1, 0.15) is 24.5 Å². The second-order valence-corrected chi connectivity index (χ2v) is 5.06. The van der Waals surface area contributed by atoms with Crippen LogP contribution in [0.25, 0.3) is 0 Å². The van der Waals surface area contributed by atoms with Gasteiger partial charge >= 0.3 is 5.97 Å². The molecule has 0 aromatic heterocycles. The van der Waals surface area contributed by atoms with Crippen molar-refractivity contribution in [2.24, 2.45) is 5.92 Å². The molecule has 1 unspecified atom stereocenters. The molecule has 1 N–H and O–H groups in total. The minimum absolute atomic E-state index is 0.333. The second kappa shape index (κ2) is 6.45. The van der Waals surface area contributed by atoms with Gasteiger partial charge in [-0.05, 0) is 43.5 Å². The number of carboxylic acids is 1. The molecular formula is C15H23NO3. The van der Waals surface area contributed by atoms with Crippen molar-refractivity contribution in [1.82, 2.24) is 0 Å². The summed E-state index contributed by atoms with van der Waals surface area (Å²) in [5, 5.41) is 8.90. The molecule has 0 aliphatic heterocycles. The highest BCUT2D eigenvalue weighted by molar-refractivity contribution is 5.69. The molecular weight excluding hydrogens is 242 g/mol. The minimum Gasteiger partial charge on any atom is -0.495 e. The number of aryl methyl sites for hydroxylation is 2. The van der Waals surface area contributed by atoms with Gasteiger partial charge in [-0.25, -0.2) is 0 Å². The Balaban J connectivity index is 2.84. The van der Waals surface area contributed by atoms with E-state index in [2.05, 4.69) is 13.0 Å².